The SMILES string of the molecule is COc1cccc(F)c1C(N)Cc1ncccc1C. The van der Waals surface area contributed by atoms with E-state index in [9.17, 15) is 4.39 Å². The van der Waals surface area contributed by atoms with Gasteiger partial charge in [0.05, 0.1) is 7.11 Å². The van der Waals surface area contributed by atoms with Gasteiger partial charge < -0.3 is 10.5 Å². The summed E-state index contributed by atoms with van der Waals surface area (Å²) in [4.78, 5) is 4.29. The second-order valence-corrected chi connectivity index (χ2v) is 4.43. The Morgan fingerprint density at radius 1 is 1.32 bits per heavy atom. The summed E-state index contributed by atoms with van der Waals surface area (Å²) in [6.07, 6.45) is 2.19. The van der Waals surface area contributed by atoms with Crippen molar-refractivity contribution in [2.45, 2.75) is 19.4 Å². The molecule has 0 aliphatic rings. The number of hydrogen-bond acceptors (Lipinski definition) is 3. The van der Waals surface area contributed by atoms with E-state index in [4.69, 9.17) is 10.5 Å². The molecule has 0 fully saturated rings. The van der Waals surface area contributed by atoms with Crippen LogP contribution in [0.5, 0.6) is 5.75 Å². The topological polar surface area (TPSA) is 48.1 Å². The van der Waals surface area contributed by atoms with Crippen LogP contribution in [0.3, 0.4) is 0 Å². The zero-order chi connectivity index (χ0) is 13.8. The summed E-state index contributed by atoms with van der Waals surface area (Å²) in [7, 11) is 1.51. The predicted molar refractivity (Wildman–Crippen MR) is 72.6 cm³/mol. The van der Waals surface area contributed by atoms with Crippen molar-refractivity contribution in [1.29, 1.82) is 0 Å². The normalized spacial score (nSPS) is 12.2. The molecule has 0 saturated heterocycles. The van der Waals surface area contributed by atoms with Crippen molar-refractivity contribution in [3.63, 3.8) is 0 Å². The molecule has 0 bridgehead atoms. The predicted octanol–water partition coefficient (Wildman–Crippen LogP) is 2.78. The maximum Gasteiger partial charge on any atom is 0.131 e. The molecule has 2 N–H and O–H groups in total. The van der Waals surface area contributed by atoms with E-state index >= 15 is 0 Å². The van der Waals surface area contributed by atoms with Crippen molar-refractivity contribution >= 4 is 0 Å². The summed E-state index contributed by atoms with van der Waals surface area (Å²) in [6.45, 7) is 1.97. The van der Waals surface area contributed by atoms with Crippen LogP contribution in [-0.2, 0) is 6.42 Å². The number of ether oxygens (including phenoxy) is 1. The highest BCUT2D eigenvalue weighted by atomic mass is 19.1. The van der Waals surface area contributed by atoms with Gasteiger partial charge in [-0.05, 0) is 30.7 Å². The molecule has 0 aliphatic heterocycles. The zero-order valence-corrected chi connectivity index (χ0v) is 11.1. The first-order chi connectivity index (χ1) is 9.13. The van der Waals surface area contributed by atoms with Gasteiger partial charge in [-0.1, -0.05) is 12.1 Å². The standard InChI is InChI=1S/C15H17FN2O/c1-10-5-4-8-18-13(10)9-12(17)15-11(16)6-3-7-14(15)19-2/h3-8,12H,9,17H2,1-2H3. The van der Waals surface area contributed by atoms with Gasteiger partial charge in [0.1, 0.15) is 11.6 Å². The molecule has 0 radical (unpaired) electrons. The van der Waals surface area contributed by atoms with Crippen molar-refractivity contribution < 1.29 is 9.13 Å². The van der Waals surface area contributed by atoms with E-state index in [1.165, 1.54) is 13.2 Å². The highest BCUT2D eigenvalue weighted by Gasteiger charge is 2.18. The summed E-state index contributed by atoms with van der Waals surface area (Å²) >= 11 is 0. The lowest BCUT2D eigenvalue weighted by Gasteiger charge is -2.17. The lowest BCUT2D eigenvalue weighted by atomic mass is 9.99. The Morgan fingerprint density at radius 3 is 2.79 bits per heavy atom. The van der Waals surface area contributed by atoms with Crippen LogP contribution in [0, 0.1) is 12.7 Å². The average Bonchev–Trinajstić information content (AvgIpc) is 2.40. The van der Waals surface area contributed by atoms with Crippen molar-refractivity contribution in [2.75, 3.05) is 7.11 Å². The second kappa shape index (κ2) is 5.80. The molecule has 19 heavy (non-hydrogen) atoms. The molecule has 1 unspecified atom stereocenters. The lowest BCUT2D eigenvalue weighted by Crippen LogP contribution is -2.17. The monoisotopic (exact) mass is 260 g/mol. The Morgan fingerprint density at radius 2 is 2.11 bits per heavy atom. The highest BCUT2D eigenvalue weighted by molar-refractivity contribution is 5.38. The molecule has 0 saturated carbocycles. The minimum atomic E-state index is -0.482. The van der Waals surface area contributed by atoms with Crippen LogP contribution in [-0.4, -0.2) is 12.1 Å². The van der Waals surface area contributed by atoms with Crippen LogP contribution in [0.1, 0.15) is 22.9 Å². The second-order valence-electron chi connectivity index (χ2n) is 4.43. The number of halogens is 1. The Balaban J connectivity index is 2.30. The third kappa shape index (κ3) is 2.90. The van der Waals surface area contributed by atoms with Gasteiger partial charge in [0.2, 0.25) is 0 Å². The fourth-order valence-corrected chi connectivity index (χ4v) is 2.10. The third-order valence-electron chi connectivity index (χ3n) is 3.13. The minimum absolute atomic E-state index is 0.347. The van der Waals surface area contributed by atoms with Crippen LogP contribution in [0.4, 0.5) is 4.39 Å². The number of aromatic nitrogens is 1. The Kier molecular flexibility index (Phi) is 4.12. The largest absolute Gasteiger partial charge is 0.496 e. The fraction of sp³-hybridized carbons (Fsp3) is 0.267. The number of benzene rings is 1. The summed E-state index contributed by atoms with van der Waals surface area (Å²) < 4.78 is 19.1. The quantitative estimate of drug-likeness (QED) is 0.919. The van der Waals surface area contributed by atoms with Gasteiger partial charge in [-0.2, -0.15) is 0 Å². The summed E-state index contributed by atoms with van der Waals surface area (Å²) in [5.41, 5.74) is 8.44. The maximum absolute atomic E-state index is 13.9. The van der Waals surface area contributed by atoms with Crippen molar-refractivity contribution in [3.8, 4) is 5.75 Å². The Bertz CT molecular complexity index is 572. The summed E-state index contributed by atoms with van der Waals surface area (Å²) in [5.74, 6) is 0.126. The smallest absolute Gasteiger partial charge is 0.131 e. The van der Waals surface area contributed by atoms with E-state index in [2.05, 4.69) is 4.98 Å². The number of rotatable bonds is 4. The Labute approximate surface area is 112 Å². The van der Waals surface area contributed by atoms with Gasteiger partial charge in [-0.3, -0.25) is 4.98 Å². The van der Waals surface area contributed by atoms with Crippen LogP contribution < -0.4 is 10.5 Å². The van der Waals surface area contributed by atoms with Gasteiger partial charge in [0, 0.05) is 29.9 Å². The van der Waals surface area contributed by atoms with Gasteiger partial charge in [-0.25, -0.2) is 4.39 Å². The molecule has 0 spiro atoms. The first-order valence-corrected chi connectivity index (χ1v) is 6.12. The zero-order valence-electron chi connectivity index (χ0n) is 11.1. The van der Waals surface area contributed by atoms with Crippen LogP contribution in [0.15, 0.2) is 36.5 Å². The van der Waals surface area contributed by atoms with Gasteiger partial charge in [-0.15, -0.1) is 0 Å². The molecular formula is C15H17FN2O. The molecule has 100 valence electrons. The maximum atomic E-state index is 13.9. The first kappa shape index (κ1) is 13.5. The average molecular weight is 260 g/mol. The molecular weight excluding hydrogens is 243 g/mol. The van der Waals surface area contributed by atoms with Crippen molar-refractivity contribution in [3.05, 3.63) is 59.2 Å². The number of nitrogens with zero attached hydrogens (tertiary/aromatic N) is 1. The molecule has 1 aromatic heterocycles. The minimum Gasteiger partial charge on any atom is -0.496 e. The van der Waals surface area contributed by atoms with E-state index < -0.39 is 6.04 Å². The van der Waals surface area contributed by atoms with E-state index in [0.717, 1.165) is 11.3 Å². The van der Waals surface area contributed by atoms with Gasteiger partial charge in [0.15, 0.2) is 0 Å². The number of nitrogens with two attached hydrogens (primary N) is 1. The van der Waals surface area contributed by atoms with E-state index in [1.54, 1.807) is 18.3 Å². The highest BCUT2D eigenvalue weighted by Crippen LogP contribution is 2.28. The number of methoxy groups -OCH3 is 1. The molecule has 4 heteroatoms. The molecule has 1 heterocycles. The number of hydrogen-bond donors (Lipinski definition) is 1. The molecule has 0 amide bonds. The van der Waals surface area contributed by atoms with E-state index in [1.807, 2.05) is 19.1 Å². The summed E-state index contributed by atoms with van der Waals surface area (Å²) in [5, 5.41) is 0. The van der Waals surface area contributed by atoms with Crippen LogP contribution >= 0.6 is 0 Å². The summed E-state index contributed by atoms with van der Waals surface area (Å²) in [6, 6.07) is 8.06. The van der Waals surface area contributed by atoms with Crippen LogP contribution in [0.25, 0.3) is 0 Å². The molecule has 0 aliphatic carbocycles. The van der Waals surface area contributed by atoms with Crippen LogP contribution in [0.2, 0.25) is 0 Å². The number of aryl methyl sites for hydroxylation is 1. The lowest BCUT2D eigenvalue weighted by molar-refractivity contribution is 0.398. The molecule has 2 rings (SSSR count). The van der Waals surface area contributed by atoms with Gasteiger partial charge >= 0.3 is 0 Å². The first-order valence-electron chi connectivity index (χ1n) is 6.12. The fourth-order valence-electron chi connectivity index (χ4n) is 2.10. The van der Waals surface area contributed by atoms with Gasteiger partial charge in [0.25, 0.3) is 0 Å². The van der Waals surface area contributed by atoms with E-state index in [-0.39, 0.29) is 5.82 Å². The molecule has 1 aromatic carbocycles. The van der Waals surface area contributed by atoms with Crippen molar-refractivity contribution in [2.24, 2.45) is 5.73 Å². The van der Waals surface area contributed by atoms with E-state index in [0.29, 0.717) is 17.7 Å². The number of pyridine rings is 1. The molecule has 2 aromatic rings. The Hall–Kier alpha value is -1.94. The third-order valence-corrected chi connectivity index (χ3v) is 3.13. The molecule has 3 nitrogen and oxygen atoms in total. The molecule has 1 atom stereocenters. The van der Waals surface area contributed by atoms with Crippen molar-refractivity contribution in [1.82, 2.24) is 4.98 Å².